The van der Waals surface area contributed by atoms with Crippen molar-refractivity contribution < 1.29 is 9.90 Å². The van der Waals surface area contributed by atoms with E-state index in [2.05, 4.69) is 71.7 Å². The normalized spacial score (nSPS) is 16.8. The van der Waals surface area contributed by atoms with Crippen LogP contribution in [0.1, 0.15) is 29.7 Å². The van der Waals surface area contributed by atoms with Gasteiger partial charge >= 0.3 is 5.97 Å². The van der Waals surface area contributed by atoms with Gasteiger partial charge in [0.2, 0.25) is 0 Å². The van der Waals surface area contributed by atoms with Gasteiger partial charge in [-0.1, -0.05) is 42.5 Å². The molecule has 0 saturated carbocycles. The first-order valence-electron chi connectivity index (χ1n) is 9.74. The zero-order valence-electron chi connectivity index (χ0n) is 16.9. The highest BCUT2D eigenvalue weighted by Crippen LogP contribution is 2.30. The number of aliphatic carboxylic acids is 1. The van der Waals surface area contributed by atoms with Crippen LogP contribution in [0, 0.1) is 6.92 Å². The number of allylic oxidation sites excluding steroid dienone is 1. The zero-order chi connectivity index (χ0) is 20.8. The number of fused-ring (bicyclic) bond motifs is 1. The summed E-state index contributed by atoms with van der Waals surface area (Å²) in [4.78, 5) is 15.1. The van der Waals surface area contributed by atoms with Gasteiger partial charge in [0.05, 0.1) is 5.57 Å². The summed E-state index contributed by atoms with van der Waals surface area (Å²) in [5.41, 5.74) is 7.15. The number of carboxylic acid groups (broad SMARTS) is 1. The van der Waals surface area contributed by atoms with Crippen molar-refractivity contribution in [3.8, 4) is 11.1 Å². The molecule has 3 rings (SSSR count). The Morgan fingerprint density at radius 3 is 2.86 bits per heavy atom. The summed E-state index contributed by atoms with van der Waals surface area (Å²) in [5, 5.41) is 16.2. The molecule has 0 radical (unpaired) electrons. The first kappa shape index (κ1) is 20.6. The summed E-state index contributed by atoms with van der Waals surface area (Å²) in [7, 11) is 0. The van der Waals surface area contributed by atoms with Crippen molar-refractivity contribution in [2.45, 2.75) is 26.3 Å². The van der Waals surface area contributed by atoms with Gasteiger partial charge in [0.15, 0.2) is 0 Å². The molecule has 0 unspecified atom stereocenters. The van der Waals surface area contributed by atoms with E-state index in [9.17, 15) is 9.90 Å². The summed E-state index contributed by atoms with van der Waals surface area (Å²) in [6.07, 6.45) is 3.82. The Bertz CT molecular complexity index is 976. The van der Waals surface area contributed by atoms with Crippen LogP contribution < -0.4 is 10.6 Å². The van der Waals surface area contributed by atoms with Crippen molar-refractivity contribution >= 4 is 12.7 Å². The van der Waals surface area contributed by atoms with Crippen molar-refractivity contribution in [2.24, 2.45) is 4.99 Å². The van der Waals surface area contributed by atoms with Crippen LogP contribution in [0.5, 0.6) is 0 Å². The highest BCUT2D eigenvalue weighted by Gasteiger charge is 2.20. The third kappa shape index (κ3) is 4.81. The Kier molecular flexibility index (Phi) is 6.62. The van der Waals surface area contributed by atoms with Crippen LogP contribution >= 0.6 is 0 Å². The standard InChI is InChI=1S/C24H27N3O2/c1-16-6-4-5-7-20(16)18-8-9-22-19(14-18)10-13-26-23(22)15-27-17(2)21(24(28)29)11-12-25-3/h4-9,11-12,14,23,26-27H,3,10,13,15H2,1-2H3,(H,28,29)/b12-11-,21-17-/t23-/m0/s1. The van der Waals surface area contributed by atoms with Crippen LogP contribution in [0.2, 0.25) is 0 Å². The second kappa shape index (κ2) is 9.34. The topological polar surface area (TPSA) is 73.7 Å². The van der Waals surface area contributed by atoms with Crippen LogP contribution in [-0.2, 0) is 11.2 Å². The van der Waals surface area contributed by atoms with Crippen LogP contribution in [0.4, 0.5) is 0 Å². The Morgan fingerprint density at radius 1 is 1.34 bits per heavy atom. The number of carbonyl (C=O) groups is 1. The van der Waals surface area contributed by atoms with Crippen molar-refractivity contribution in [1.29, 1.82) is 0 Å². The number of benzene rings is 2. The minimum Gasteiger partial charge on any atom is -0.478 e. The van der Waals surface area contributed by atoms with E-state index >= 15 is 0 Å². The number of hydrogen-bond donors (Lipinski definition) is 3. The predicted molar refractivity (Wildman–Crippen MR) is 118 cm³/mol. The minimum absolute atomic E-state index is 0.121. The first-order chi connectivity index (χ1) is 14.0. The molecule has 150 valence electrons. The Morgan fingerprint density at radius 2 is 2.14 bits per heavy atom. The highest BCUT2D eigenvalue weighted by molar-refractivity contribution is 5.90. The molecule has 0 saturated heterocycles. The molecule has 29 heavy (non-hydrogen) atoms. The number of carboxylic acids is 1. The maximum absolute atomic E-state index is 11.5. The lowest BCUT2D eigenvalue weighted by Gasteiger charge is -2.28. The van der Waals surface area contributed by atoms with Gasteiger partial charge in [-0.2, -0.15) is 0 Å². The van der Waals surface area contributed by atoms with E-state index < -0.39 is 5.97 Å². The smallest absolute Gasteiger partial charge is 0.337 e. The number of nitrogens with one attached hydrogen (secondary N) is 2. The lowest BCUT2D eigenvalue weighted by atomic mass is 9.90. The maximum Gasteiger partial charge on any atom is 0.337 e. The second-order valence-corrected chi connectivity index (χ2v) is 7.21. The van der Waals surface area contributed by atoms with Crippen molar-refractivity contribution in [2.75, 3.05) is 13.1 Å². The Labute approximate surface area is 171 Å². The summed E-state index contributed by atoms with van der Waals surface area (Å²) in [5.74, 6) is -0.991. The molecule has 0 spiro atoms. The van der Waals surface area contributed by atoms with Crippen LogP contribution in [0.25, 0.3) is 11.1 Å². The van der Waals surface area contributed by atoms with Crippen LogP contribution in [0.15, 0.2) is 71.0 Å². The van der Waals surface area contributed by atoms with Gasteiger partial charge in [-0.3, -0.25) is 4.99 Å². The van der Waals surface area contributed by atoms with E-state index in [-0.39, 0.29) is 11.6 Å². The number of aryl methyl sites for hydroxylation is 1. The van der Waals surface area contributed by atoms with Gasteiger partial charge < -0.3 is 15.7 Å². The summed E-state index contributed by atoms with van der Waals surface area (Å²) in [6, 6.07) is 15.2. The number of nitrogens with zero attached hydrogens (tertiary/aromatic N) is 1. The quantitative estimate of drug-likeness (QED) is 0.380. The molecule has 5 heteroatoms. The molecule has 5 nitrogen and oxygen atoms in total. The number of hydrogen-bond acceptors (Lipinski definition) is 4. The van der Waals surface area contributed by atoms with Gasteiger partial charge in [0, 0.05) is 24.5 Å². The maximum atomic E-state index is 11.5. The molecule has 1 aliphatic heterocycles. The highest BCUT2D eigenvalue weighted by atomic mass is 16.4. The van der Waals surface area contributed by atoms with Gasteiger partial charge in [0.25, 0.3) is 0 Å². The molecular formula is C24H27N3O2. The molecule has 3 N–H and O–H groups in total. The van der Waals surface area contributed by atoms with E-state index in [1.54, 1.807) is 6.92 Å². The Balaban J connectivity index is 1.81. The number of rotatable bonds is 7. The van der Waals surface area contributed by atoms with E-state index in [1.165, 1.54) is 40.1 Å². The first-order valence-corrected chi connectivity index (χ1v) is 9.74. The van der Waals surface area contributed by atoms with E-state index in [0.717, 1.165) is 13.0 Å². The Hall–Kier alpha value is -3.18. The summed E-state index contributed by atoms with van der Waals surface area (Å²) in [6.45, 7) is 8.75. The second-order valence-electron chi connectivity index (χ2n) is 7.21. The van der Waals surface area contributed by atoms with Crippen molar-refractivity contribution in [1.82, 2.24) is 10.6 Å². The molecule has 1 heterocycles. The summed E-state index contributed by atoms with van der Waals surface area (Å²) >= 11 is 0. The molecular weight excluding hydrogens is 362 g/mol. The molecule has 0 bridgehead atoms. The molecule has 0 aromatic heterocycles. The fourth-order valence-corrected chi connectivity index (χ4v) is 3.73. The average Bonchev–Trinajstić information content (AvgIpc) is 2.72. The zero-order valence-corrected chi connectivity index (χ0v) is 16.9. The van der Waals surface area contributed by atoms with Gasteiger partial charge in [-0.15, -0.1) is 0 Å². The van der Waals surface area contributed by atoms with E-state index in [1.807, 2.05) is 0 Å². The van der Waals surface area contributed by atoms with E-state index in [0.29, 0.717) is 12.2 Å². The lowest BCUT2D eigenvalue weighted by Crippen LogP contribution is -2.36. The molecule has 0 fully saturated rings. The third-order valence-electron chi connectivity index (χ3n) is 5.31. The fraction of sp³-hybridized carbons (Fsp3) is 0.250. The molecule has 0 amide bonds. The molecule has 1 aliphatic rings. The monoisotopic (exact) mass is 389 g/mol. The number of aliphatic imine (C=N–C) groups is 1. The molecule has 0 aliphatic carbocycles. The lowest BCUT2D eigenvalue weighted by molar-refractivity contribution is -0.132. The van der Waals surface area contributed by atoms with Gasteiger partial charge in [-0.25, -0.2) is 4.79 Å². The van der Waals surface area contributed by atoms with Crippen LogP contribution in [0.3, 0.4) is 0 Å². The fourth-order valence-electron chi connectivity index (χ4n) is 3.73. The molecule has 1 atom stereocenters. The SMILES string of the molecule is C=N/C=C\C(C(=O)O)=C(/C)NC[C@@H]1NCCc2cc(-c3ccccc3C)ccc21. The van der Waals surface area contributed by atoms with Crippen LogP contribution in [-0.4, -0.2) is 30.9 Å². The molecule has 2 aromatic rings. The van der Waals surface area contributed by atoms with E-state index in [4.69, 9.17) is 0 Å². The van der Waals surface area contributed by atoms with Gasteiger partial charge in [0.1, 0.15) is 0 Å². The van der Waals surface area contributed by atoms with Crippen molar-refractivity contribution in [3.05, 3.63) is 82.7 Å². The largest absolute Gasteiger partial charge is 0.478 e. The van der Waals surface area contributed by atoms with Gasteiger partial charge in [-0.05, 0) is 67.4 Å². The predicted octanol–water partition coefficient (Wildman–Crippen LogP) is 4.01. The summed E-state index contributed by atoms with van der Waals surface area (Å²) < 4.78 is 0. The molecule has 2 aromatic carbocycles. The third-order valence-corrected chi connectivity index (χ3v) is 5.31. The van der Waals surface area contributed by atoms with Crippen molar-refractivity contribution in [3.63, 3.8) is 0 Å². The average molecular weight is 389 g/mol. The minimum atomic E-state index is -0.991.